The minimum atomic E-state index is -3.69. The van der Waals surface area contributed by atoms with Crippen molar-refractivity contribution in [2.75, 3.05) is 18.4 Å². The van der Waals surface area contributed by atoms with E-state index < -0.39 is 28.0 Å². The monoisotopic (exact) mass is 478 g/mol. The predicted molar refractivity (Wildman–Crippen MR) is 111 cm³/mol. The third-order valence-corrected chi connectivity index (χ3v) is 7.37. The molecule has 156 valence electrons. The molecule has 3 rings (SSSR count). The Balaban J connectivity index is 1.81. The first-order valence-electron chi connectivity index (χ1n) is 8.71. The summed E-state index contributed by atoms with van der Waals surface area (Å²) >= 11 is 17.6. The van der Waals surface area contributed by atoms with Crippen LogP contribution in [-0.4, -0.2) is 41.5 Å². The molecular formula is C17H17Cl3N4O4S. The van der Waals surface area contributed by atoms with Crippen LogP contribution in [0, 0.1) is 0 Å². The Hall–Kier alpha value is -1.65. The predicted octanol–water partition coefficient (Wildman–Crippen LogP) is 3.02. The van der Waals surface area contributed by atoms with E-state index in [0.29, 0.717) is 13.1 Å². The van der Waals surface area contributed by atoms with Crippen molar-refractivity contribution in [2.45, 2.75) is 30.7 Å². The topological polar surface area (TPSA) is 101 Å². The molecule has 0 bridgehead atoms. The van der Waals surface area contributed by atoms with Crippen molar-refractivity contribution in [1.29, 1.82) is 0 Å². The van der Waals surface area contributed by atoms with Gasteiger partial charge in [0.25, 0.3) is 5.56 Å². The van der Waals surface area contributed by atoms with E-state index in [4.69, 9.17) is 34.8 Å². The van der Waals surface area contributed by atoms with E-state index in [1.807, 2.05) is 0 Å². The summed E-state index contributed by atoms with van der Waals surface area (Å²) in [5.41, 5.74) is -0.607. The Labute approximate surface area is 182 Å². The van der Waals surface area contributed by atoms with E-state index >= 15 is 0 Å². The number of carbonyl (C=O) groups is 1. The van der Waals surface area contributed by atoms with E-state index in [-0.39, 0.29) is 25.7 Å². The lowest BCUT2D eigenvalue weighted by Crippen LogP contribution is -2.35. The van der Waals surface area contributed by atoms with Gasteiger partial charge in [-0.05, 0) is 31.0 Å². The van der Waals surface area contributed by atoms with E-state index in [2.05, 4.69) is 10.4 Å². The molecule has 8 nitrogen and oxygen atoms in total. The van der Waals surface area contributed by atoms with Crippen molar-refractivity contribution in [3.8, 4) is 0 Å². The second kappa shape index (κ2) is 9.01. The summed E-state index contributed by atoms with van der Waals surface area (Å²) in [5, 5.41) is 6.15. The van der Waals surface area contributed by atoms with E-state index in [9.17, 15) is 18.0 Å². The fraction of sp³-hybridized carbons (Fsp3) is 0.353. The SMILES string of the molecule is O=C(Cn1ncc(Cl)c(Cl)c1=O)Nc1cc(S(=O)(=O)N2CCCCC2)ccc1Cl. The molecule has 1 aliphatic rings. The number of amides is 1. The number of rotatable bonds is 5. The molecule has 0 aliphatic carbocycles. The molecule has 0 spiro atoms. The van der Waals surface area contributed by atoms with Gasteiger partial charge in [0, 0.05) is 13.1 Å². The van der Waals surface area contributed by atoms with Crippen molar-refractivity contribution >= 4 is 56.4 Å². The summed E-state index contributed by atoms with van der Waals surface area (Å²) in [5.74, 6) is -0.632. The average molecular weight is 480 g/mol. The number of nitrogens with one attached hydrogen (secondary N) is 1. The zero-order valence-electron chi connectivity index (χ0n) is 15.1. The molecule has 12 heteroatoms. The van der Waals surface area contributed by atoms with Crippen LogP contribution in [0.1, 0.15) is 19.3 Å². The molecule has 29 heavy (non-hydrogen) atoms. The number of hydrogen-bond acceptors (Lipinski definition) is 5. The summed E-state index contributed by atoms with van der Waals surface area (Å²) in [4.78, 5) is 24.4. The number of carbonyl (C=O) groups excluding carboxylic acids is 1. The molecule has 0 unspecified atom stereocenters. The zero-order valence-corrected chi connectivity index (χ0v) is 18.2. The van der Waals surface area contributed by atoms with Gasteiger partial charge in [0.15, 0.2) is 0 Å². The van der Waals surface area contributed by atoms with Gasteiger partial charge in [-0.3, -0.25) is 9.59 Å². The van der Waals surface area contributed by atoms with Crippen molar-refractivity contribution in [1.82, 2.24) is 14.1 Å². The fourth-order valence-electron chi connectivity index (χ4n) is 2.90. The number of halogens is 3. The summed E-state index contributed by atoms with van der Waals surface area (Å²) < 4.78 is 27.9. The third kappa shape index (κ3) is 4.92. The summed E-state index contributed by atoms with van der Waals surface area (Å²) in [6.07, 6.45) is 3.76. The molecule has 1 saturated heterocycles. The molecule has 1 amide bonds. The molecule has 0 saturated carbocycles. The van der Waals surface area contributed by atoms with Gasteiger partial charge >= 0.3 is 0 Å². The van der Waals surface area contributed by atoms with Crippen LogP contribution in [0.4, 0.5) is 5.69 Å². The largest absolute Gasteiger partial charge is 0.323 e. The van der Waals surface area contributed by atoms with E-state index in [1.54, 1.807) is 0 Å². The number of benzene rings is 1. The Morgan fingerprint density at radius 1 is 1.10 bits per heavy atom. The molecule has 1 aromatic carbocycles. The highest BCUT2D eigenvalue weighted by Crippen LogP contribution is 2.28. The normalized spacial score (nSPS) is 15.3. The minimum Gasteiger partial charge on any atom is -0.323 e. The van der Waals surface area contributed by atoms with Crippen LogP contribution in [0.5, 0.6) is 0 Å². The smallest absolute Gasteiger partial charge is 0.287 e. The Morgan fingerprint density at radius 2 is 1.79 bits per heavy atom. The molecule has 1 fully saturated rings. The standard InChI is InChI=1S/C17H17Cl3N4O4S/c18-12-5-4-11(29(27,28)23-6-2-1-3-7-23)8-14(12)22-15(25)10-24-17(26)16(20)13(19)9-21-24/h4-5,8-9H,1-3,6-7,10H2,(H,22,25). The van der Waals surface area contributed by atoms with Gasteiger partial charge in [0.05, 0.1) is 26.8 Å². The molecular weight excluding hydrogens is 463 g/mol. The van der Waals surface area contributed by atoms with E-state index in [0.717, 1.165) is 30.1 Å². The van der Waals surface area contributed by atoms with Crippen LogP contribution in [0.15, 0.2) is 34.1 Å². The molecule has 0 atom stereocenters. The van der Waals surface area contributed by atoms with Crippen molar-refractivity contribution < 1.29 is 13.2 Å². The summed E-state index contributed by atoms with van der Waals surface area (Å²) in [7, 11) is -3.69. The number of piperidine rings is 1. The molecule has 2 heterocycles. The lowest BCUT2D eigenvalue weighted by atomic mass is 10.2. The minimum absolute atomic E-state index is 0.0213. The van der Waals surface area contributed by atoms with Crippen LogP contribution in [-0.2, 0) is 21.4 Å². The van der Waals surface area contributed by atoms with Crippen LogP contribution in [0.2, 0.25) is 15.1 Å². The average Bonchev–Trinajstić information content (AvgIpc) is 2.70. The van der Waals surface area contributed by atoms with Gasteiger partial charge in [-0.2, -0.15) is 9.40 Å². The highest BCUT2D eigenvalue weighted by atomic mass is 35.5. The molecule has 2 aromatic rings. The highest BCUT2D eigenvalue weighted by Gasteiger charge is 2.26. The quantitative estimate of drug-likeness (QED) is 0.710. The van der Waals surface area contributed by atoms with Gasteiger partial charge in [0.1, 0.15) is 11.6 Å². The van der Waals surface area contributed by atoms with Crippen molar-refractivity contribution in [3.63, 3.8) is 0 Å². The number of nitrogens with zero attached hydrogens (tertiary/aromatic N) is 3. The molecule has 1 N–H and O–H groups in total. The van der Waals surface area contributed by atoms with Crippen LogP contribution in [0.3, 0.4) is 0 Å². The van der Waals surface area contributed by atoms with Crippen LogP contribution < -0.4 is 10.9 Å². The lowest BCUT2D eigenvalue weighted by Gasteiger charge is -2.26. The maximum atomic E-state index is 12.8. The van der Waals surface area contributed by atoms with Crippen LogP contribution in [0.25, 0.3) is 0 Å². The molecule has 1 aliphatic heterocycles. The Morgan fingerprint density at radius 3 is 2.48 bits per heavy atom. The number of hydrogen-bond donors (Lipinski definition) is 1. The second-order valence-electron chi connectivity index (χ2n) is 6.42. The number of sulfonamides is 1. The number of anilines is 1. The first-order valence-corrected chi connectivity index (χ1v) is 11.3. The maximum absolute atomic E-state index is 12.8. The molecule has 1 aromatic heterocycles. The van der Waals surface area contributed by atoms with Gasteiger partial charge in [-0.15, -0.1) is 0 Å². The zero-order chi connectivity index (χ0) is 21.2. The van der Waals surface area contributed by atoms with Crippen LogP contribution >= 0.6 is 34.8 Å². The Bertz CT molecular complexity index is 1100. The summed E-state index contributed by atoms with van der Waals surface area (Å²) in [6, 6.07) is 4.10. The first kappa shape index (κ1) is 22.0. The Kier molecular flexibility index (Phi) is 6.85. The molecule has 0 radical (unpaired) electrons. The van der Waals surface area contributed by atoms with Crippen molar-refractivity contribution in [2.24, 2.45) is 0 Å². The van der Waals surface area contributed by atoms with Gasteiger partial charge in [-0.25, -0.2) is 13.1 Å². The lowest BCUT2D eigenvalue weighted by molar-refractivity contribution is -0.117. The first-order chi connectivity index (χ1) is 13.7. The van der Waals surface area contributed by atoms with Crippen molar-refractivity contribution in [3.05, 3.63) is 49.8 Å². The maximum Gasteiger partial charge on any atom is 0.287 e. The van der Waals surface area contributed by atoms with Gasteiger partial charge < -0.3 is 5.32 Å². The van der Waals surface area contributed by atoms with E-state index in [1.165, 1.54) is 22.5 Å². The number of aromatic nitrogens is 2. The summed E-state index contributed by atoms with van der Waals surface area (Å²) in [6.45, 7) is 0.465. The third-order valence-electron chi connectivity index (χ3n) is 4.40. The second-order valence-corrected chi connectivity index (χ2v) is 9.55. The van der Waals surface area contributed by atoms with Gasteiger partial charge in [-0.1, -0.05) is 41.2 Å². The fourth-order valence-corrected chi connectivity index (χ4v) is 4.88. The highest BCUT2D eigenvalue weighted by molar-refractivity contribution is 7.89. The van der Waals surface area contributed by atoms with Gasteiger partial charge in [0.2, 0.25) is 15.9 Å².